The minimum absolute atomic E-state index is 0.113. The number of para-hydroxylation sites is 2. The maximum absolute atomic E-state index is 13.7. The normalized spacial score (nSPS) is 11.6. The van der Waals surface area contributed by atoms with Crippen molar-refractivity contribution < 1.29 is 13.2 Å². The van der Waals surface area contributed by atoms with Crippen LogP contribution in [0, 0.1) is 20.8 Å². The second kappa shape index (κ2) is 11.9. The molecule has 0 aliphatic heterocycles. The Kier molecular flexibility index (Phi) is 8.57. The van der Waals surface area contributed by atoms with Crippen molar-refractivity contribution in [2.45, 2.75) is 39.0 Å². The Bertz CT molecular complexity index is 1630. The first kappa shape index (κ1) is 28.1. The fourth-order valence-corrected chi connectivity index (χ4v) is 6.13. The molecule has 9 heteroatoms. The van der Waals surface area contributed by atoms with E-state index >= 15 is 0 Å². The molecular formula is C30H31ClN4O3S. The molecule has 0 unspecified atom stereocenters. The second-order valence-corrected chi connectivity index (χ2v) is 11.5. The SMILES string of the molecule is CCc1ccccc1N(CC(=O)N/N=C\c1cc(C)n(-c2ccccc2Cl)c1C)S(=O)(=O)c1ccc(C)cc1. The van der Waals surface area contributed by atoms with E-state index in [-0.39, 0.29) is 4.90 Å². The van der Waals surface area contributed by atoms with Crippen LogP contribution in [0.2, 0.25) is 5.02 Å². The van der Waals surface area contributed by atoms with E-state index in [0.717, 1.165) is 38.1 Å². The number of carbonyl (C=O) groups is 1. The molecule has 0 atom stereocenters. The van der Waals surface area contributed by atoms with Crippen LogP contribution in [0.3, 0.4) is 0 Å². The fourth-order valence-electron chi connectivity index (χ4n) is 4.45. The highest BCUT2D eigenvalue weighted by Gasteiger charge is 2.28. The molecule has 1 heterocycles. The van der Waals surface area contributed by atoms with Crippen molar-refractivity contribution in [3.63, 3.8) is 0 Å². The average Bonchev–Trinajstić information content (AvgIpc) is 3.20. The lowest BCUT2D eigenvalue weighted by Crippen LogP contribution is -2.40. The van der Waals surface area contributed by atoms with Crippen LogP contribution in [0.25, 0.3) is 5.69 Å². The van der Waals surface area contributed by atoms with Gasteiger partial charge in [-0.1, -0.05) is 66.6 Å². The van der Waals surface area contributed by atoms with Gasteiger partial charge in [0, 0.05) is 17.0 Å². The molecule has 0 radical (unpaired) electrons. The highest BCUT2D eigenvalue weighted by atomic mass is 35.5. The Hall–Kier alpha value is -3.88. The van der Waals surface area contributed by atoms with Crippen molar-refractivity contribution in [2.24, 2.45) is 5.10 Å². The van der Waals surface area contributed by atoms with Crippen LogP contribution < -0.4 is 9.73 Å². The van der Waals surface area contributed by atoms with E-state index in [0.29, 0.717) is 17.1 Å². The number of sulfonamides is 1. The Labute approximate surface area is 234 Å². The number of hydrogen-bond donors (Lipinski definition) is 1. The summed E-state index contributed by atoms with van der Waals surface area (Å²) in [5, 5.41) is 4.76. The zero-order valence-electron chi connectivity index (χ0n) is 22.3. The number of amides is 1. The molecule has 7 nitrogen and oxygen atoms in total. The van der Waals surface area contributed by atoms with Crippen LogP contribution in [-0.2, 0) is 21.2 Å². The van der Waals surface area contributed by atoms with Crippen molar-refractivity contribution in [1.29, 1.82) is 0 Å². The number of rotatable bonds is 9. The molecule has 4 aromatic rings. The molecule has 0 spiro atoms. The molecule has 1 aromatic heterocycles. The minimum Gasteiger partial charge on any atom is -0.316 e. The zero-order valence-corrected chi connectivity index (χ0v) is 23.9. The largest absolute Gasteiger partial charge is 0.316 e. The van der Waals surface area contributed by atoms with Gasteiger partial charge < -0.3 is 4.57 Å². The molecule has 0 fully saturated rings. The van der Waals surface area contributed by atoms with Gasteiger partial charge in [0.2, 0.25) is 0 Å². The van der Waals surface area contributed by atoms with Crippen LogP contribution in [0.1, 0.15) is 35.0 Å². The first-order valence-electron chi connectivity index (χ1n) is 12.6. The fraction of sp³-hybridized carbons (Fsp3) is 0.200. The lowest BCUT2D eigenvalue weighted by Gasteiger charge is -2.25. The standard InChI is InChI=1S/C30H31ClN4O3S/c1-5-24-10-6-8-12-28(24)34(39(37,38)26-16-14-21(2)15-17-26)20-30(36)33-32-19-25-18-22(3)35(23(25)4)29-13-9-7-11-27(29)31/h6-19H,5,20H2,1-4H3,(H,33,36)/b32-19-. The van der Waals surface area contributed by atoms with Crippen LogP contribution in [0.15, 0.2) is 88.9 Å². The maximum Gasteiger partial charge on any atom is 0.264 e. The number of halogens is 1. The summed E-state index contributed by atoms with van der Waals surface area (Å²) in [4.78, 5) is 13.1. The zero-order chi connectivity index (χ0) is 28.2. The van der Waals surface area contributed by atoms with Crippen LogP contribution in [-0.4, -0.2) is 31.7 Å². The lowest BCUT2D eigenvalue weighted by atomic mass is 10.1. The summed E-state index contributed by atoms with van der Waals surface area (Å²) in [5.74, 6) is -0.562. The Balaban J connectivity index is 1.59. The number of nitrogens with zero attached hydrogens (tertiary/aromatic N) is 3. The molecule has 3 aromatic carbocycles. The van der Waals surface area contributed by atoms with E-state index in [1.807, 2.05) is 74.7 Å². The summed E-state index contributed by atoms with van der Waals surface area (Å²) in [5.41, 5.74) is 8.23. The van der Waals surface area contributed by atoms with Gasteiger partial charge in [-0.25, -0.2) is 13.8 Å². The number of nitrogens with one attached hydrogen (secondary N) is 1. The van der Waals surface area contributed by atoms with Crippen molar-refractivity contribution >= 4 is 39.4 Å². The summed E-state index contributed by atoms with van der Waals surface area (Å²) >= 11 is 6.40. The number of carbonyl (C=O) groups excluding carboxylic acids is 1. The summed E-state index contributed by atoms with van der Waals surface area (Å²) in [6.45, 7) is 7.31. The number of aromatic nitrogens is 1. The number of hydrogen-bond acceptors (Lipinski definition) is 4. The summed E-state index contributed by atoms with van der Waals surface area (Å²) in [6.07, 6.45) is 2.16. The van der Waals surface area contributed by atoms with Crippen molar-refractivity contribution in [2.75, 3.05) is 10.8 Å². The number of benzene rings is 3. The molecule has 0 saturated heterocycles. The molecule has 1 N–H and O–H groups in total. The molecule has 0 aliphatic carbocycles. The Morgan fingerprint density at radius 2 is 1.67 bits per heavy atom. The van der Waals surface area contributed by atoms with E-state index < -0.39 is 22.5 Å². The first-order valence-corrected chi connectivity index (χ1v) is 14.4. The van der Waals surface area contributed by atoms with E-state index in [1.165, 1.54) is 0 Å². The van der Waals surface area contributed by atoms with Gasteiger partial charge in [-0.3, -0.25) is 9.10 Å². The molecule has 202 valence electrons. The molecule has 0 aliphatic rings. The van der Waals surface area contributed by atoms with Gasteiger partial charge in [0.1, 0.15) is 6.54 Å². The topological polar surface area (TPSA) is 83.8 Å². The van der Waals surface area contributed by atoms with Gasteiger partial charge in [-0.05, 0) is 69.2 Å². The second-order valence-electron chi connectivity index (χ2n) is 9.21. The summed E-state index contributed by atoms with van der Waals surface area (Å²) in [6, 6.07) is 23.3. The Morgan fingerprint density at radius 3 is 2.36 bits per heavy atom. The van der Waals surface area contributed by atoms with Gasteiger partial charge in [0.25, 0.3) is 15.9 Å². The van der Waals surface area contributed by atoms with Gasteiger partial charge in [0.15, 0.2) is 0 Å². The first-order chi connectivity index (χ1) is 18.6. The average molecular weight is 563 g/mol. The summed E-state index contributed by atoms with van der Waals surface area (Å²) in [7, 11) is -4.01. The highest BCUT2D eigenvalue weighted by Crippen LogP contribution is 2.28. The maximum atomic E-state index is 13.7. The predicted octanol–water partition coefficient (Wildman–Crippen LogP) is 5.96. The van der Waals surface area contributed by atoms with E-state index in [1.54, 1.807) is 42.6 Å². The smallest absolute Gasteiger partial charge is 0.264 e. The molecule has 4 rings (SSSR count). The molecular weight excluding hydrogens is 532 g/mol. The lowest BCUT2D eigenvalue weighted by molar-refractivity contribution is -0.119. The van der Waals surface area contributed by atoms with Gasteiger partial charge in [0.05, 0.1) is 27.5 Å². The quantitative estimate of drug-likeness (QED) is 0.202. The van der Waals surface area contributed by atoms with Crippen molar-refractivity contribution in [3.8, 4) is 5.69 Å². The molecule has 0 bridgehead atoms. The van der Waals surface area contributed by atoms with Crippen LogP contribution in [0.5, 0.6) is 0 Å². The Morgan fingerprint density at radius 1 is 1.00 bits per heavy atom. The molecule has 1 amide bonds. The van der Waals surface area contributed by atoms with Crippen molar-refractivity contribution in [1.82, 2.24) is 9.99 Å². The van der Waals surface area contributed by atoms with E-state index in [4.69, 9.17) is 11.6 Å². The number of aryl methyl sites for hydroxylation is 3. The number of anilines is 1. The third-order valence-electron chi connectivity index (χ3n) is 6.49. The monoisotopic (exact) mass is 562 g/mol. The van der Waals surface area contributed by atoms with Crippen molar-refractivity contribution in [3.05, 3.63) is 112 Å². The van der Waals surface area contributed by atoms with Gasteiger partial charge in [-0.2, -0.15) is 5.10 Å². The highest BCUT2D eigenvalue weighted by molar-refractivity contribution is 7.92. The van der Waals surface area contributed by atoms with Crippen LogP contribution in [0.4, 0.5) is 5.69 Å². The minimum atomic E-state index is -4.01. The van der Waals surface area contributed by atoms with Gasteiger partial charge in [-0.15, -0.1) is 0 Å². The van der Waals surface area contributed by atoms with Gasteiger partial charge >= 0.3 is 0 Å². The number of hydrazone groups is 1. The van der Waals surface area contributed by atoms with E-state index in [9.17, 15) is 13.2 Å². The molecule has 39 heavy (non-hydrogen) atoms. The molecule has 0 saturated carbocycles. The van der Waals surface area contributed by atoms with Crippen LogP contribution >= 0.6 is 11.6 Å². The predicted molar refractivity (Wildman–Crippen MR) is 158 cm³/mol. The third-order valence-corrected chi connectivity index (χ3v) is 8.59. The summed E-state index contributed by atoms with van der Waals surface area (Å²) < 4.78 is 30.5. The third kappa shape index (κ3) is 6.08. The van der Waals surface area contributed by atoms with E-state index in [2.05, 4.69) is 10.5 Å².